The monoisotopic (exact) mass is 813 g/mol. The third kappa shape index (κ3) is 7.77. The van der Waals surface area contributed by atoms with Crippen LogP contribution >= 0.6 is 0 Å². The van der Waals surface area contributed by atoms with Gasteiger partial charge in [0, 0.05) is 36.2 Å². The Labute approximate surface area is 333 Å². The molecule has 2 aliphatic heterocycles. The lowest BCUT2D eigenvalue weighted by atomic mass is 9.72. The zero-order valence-electron chi connectivity index (χ0n) is 31.5. The first kappa shape index (κ1) is 39.1. The first-order valence-corrected chi connectivity index (χ1v) is 20.9. The van der Waals surface area contributed by atoms with Gasteiger partial charge in [-0.15, -0.1) is 0 Å². The van der Waals surface area contributed by atoms with Crippen molar-refractivity contribution in [2.75, 3.05) is 6.54 Å². The van der Waals surface area contributed by atoms with Gasteiger partial charge in [-0.1, -0.05) is 61.1 Å². The molecule has 5 atom stereocenters. The molecule has 1 saturated carbocycles. The van der Waals surface area contributed by atoms with E-state index < -0.39 is 87.3 Å². The van der Waals surface area contributed by atoms with E-state index in [2.05, 4.69) is 32.4 Å². The Morgan fingerprint density at radius 3 is 2.41 bits per heavy atom. The van der Waals surface area contributed by atoms with Crippen LogP contribution in [0.4, 0.5) is 8.78 Å². The van der Waals surface area contributed by atoms with E-state index in [9.17, 15) is 27.6 Å². The summed E-state index contributed by atoms with van der Waals surface area (Å²) in [6, 6.07) is 12.4. The van der Waals surface area contributed by atoms with Gasteiger partial charge >= 0.3 is 0 Å². The van der Waals surface area contributed by atoms with Crippen LogP contribution in [0.3, 0.4) is 0 Å². The molecule has 3 fully saturated rings. The number of nitrogens with one attached hydrogen (secondary N) is 3. The van der Waals surface area contributed by atoms with E-state index in [1.165, 1.54) is 17.3 Å². The molecule has 0 radical (unpaired) electrons. The van der Waals surface area contributed by atoms with E-state index >= 15 is 8.78 Å². The number of hydrogen-bond donors (Lipinski definition) is 3. The van der Waals surface area contributed by atoms with Crippen molar-refractivity contribution in [1.29, 1.82) is 0 Å². The molecule has 14 nitrogen and oxygen atoms in total. The van der Waals surface area contributed by atoms with Gasteiger partial charge in [0.05, 0.1) is 35.1 Å². The molecule has 0 bridgehead atoms. The number of hydrogen-bond acceptors (Lipinski definition) is 10. The number of amides is 4. The molecule has 58 heavy (non-hydrogen) atoms. The SMILES string of the molecule is Cc1cnc(C(=O)N[C@H]2CCCCCC(F)(F)CC3C#C[C@@]3(C(=O)NS(=O)(=O)C3CC3)NC(=O)[C@@H]3C[C@@H](Oc4nc5ccccc5c5ccccc45)CN3C2=O)cn1. The lowest BCUT2D eigenvalue weighted by molar-refractivity contribution is -0.142. The summed E-state index contributed by atoms with van der Waals surface area (Å²) in [6.07, 6.45) is 1.51. The molecule has 3 N–H and O–H groups in total. The van der Waals surface area contributed by atoms with Gasteiger partial charge in [0.25, 0.3) is 11.8 Å². The molecule has 1 unspecified atom stereocenters. The number of aryl methyl sites for hydroxylation is 1. The first-order valence-electron chi connectivity index (χ1n) is 19.4. The number of aromatic nitrogens is 3. The molecular formula is C41H41F2N7O7S. The number of para-hydroxylation sites is 1. The largest absolute Gasteiger partial charge is 0.472 e. The Morgan fingerprint density at radius 2 is 1.71 bits per heavy atom. The van der Waals surface area contributed by atoms with Gasteiger partial charge in [-0.3, -0.25) is 24.2 Å². The summed E-state index contributed by atoms with van der Waals surface area (Å²) in [5, 5.41) is 6.89. The lowest BCUT2D eigenvalue weighted by Crippen LogP contribution is -2.68. The van der Waals surface area contributed by atoms with Crippen molar-refractivity contribution >= 4 is 55.3 Å². The van der Waals surface area contributed by atoms with Gasteiger partial charge in [-0.2, -0.15) is 0 Å². The molecule has 302 valence electrons. The second-order valence-electron chi connectivity index (χ2n) is 15.5. The standard InChI is InChI=1S/C41H41F2N7O7S/c1-24-21-45-33(22-44-24)35(51)46-32-13-3-2-8-17-40(42,43)20-25-16-18-41(25,39(54)49-58(55,56)27-14-15-27)48-36(52)34-19-26(23-50(34)38(32)53)57-37-30-11-5-4-9-28(30)29-10-6-7-12-31(29)47-37/h4-7,9-12,21-22,25-27,32,34H,2-3,8,13-15,17,19-20,23H2,1H3,(H,46,51)(H,48,52)(H,49,54)/t25?,26-,32+,34+,41-/m1/s1. The molecule has 2 aromatic heterocycles. The van der Waals surface area contributed by atoms with Gasteiger partial charge in [0.15, 0.2) is 5.54 Å². The highest BCUT2D eigenvalue weighted by Crippen LogP contribution is 2.39. The van der Waals surface area contributed by atoms with E-state index in [-0.39, 0.29) is 50.2 Å². The number of sulfonamides is 1. The van der Waals surface area contributed by atoms with E-state index in [4.69, 9.17) is 9.72 Å². The molecule has 2 aliphatic carbocycles. The van der Waals surface area contributed by atoms with Crippen LogP contribution in [0.25, 0.3) is 21.7 Å². The van der Waals surface area contributed by atoms with E-state index in [0.717, 1.165) is 10.8 Å². The molecule has 2 saturated heterocycles. The normalized spacial score (nSPS) is 26.1. The van der Waals surface area contributed by atoms with E-state index in [0.29, 0.717) is 29.4 Å². The van der Waals surface area contributed by atoms with E-state index in [1.54, 1.807) is 6.92 Å². The van der Waals surface area contributed by atoms with Gasteiger partial charge in [0.1, 0.15) is 23.9 Å². The van der Waals surface area contributed by atoms with Crippen LogP contribution < -0.4 is 20.1 Å². The average Bonchev–Trinajstić information content (AvgIpc) is 3.98. The van der Waals surface area contributed by atoms with Crippen molar-refractivity contribution in [2.45, 2.75) is 99.6 Å². The Morgan fingerprint density at radius 1 is 0.966 bits per heavy atom. The first-order chi connectivity index (χ1) is 27.7. The van der Waals surface area contributed by atoms with Crippen molar-refractivity contribution in [3.63, 3.8) is 0 Å². The number of rotatable bonds is 7. The average molecular weight is 814 g/mol. The van der Waals surface area contributed by atoms with Crippen LogP contribution in [0.15, 0.2) is 60.9 Å². The maximum Gasteiger partial charge on any atom is 0.273 e. The smallest absolute Gasteiger partial charge is 0.273 e. The predicted octanol–water partition coefficient (Wildman–Crippen LogP) is 3.72. The van der Waals surface area contributed by atoms with Crippen molar-refractivity contribution in [3.8, 4) is 17.7 Å². The fourth-order valence-electron chi connectivity index (χ4n) is 7.87. The number of carbonyl (C=O) groups excluding carboxylic acids is 4. The minimum atomic E-state index is -4.17. The maximum absolute atomic E-state index is 15.5. The highest BCUT2D eigenvalue weighted by Gasteiger charge is 2.56. The molecule has 4 aromatic rings. The molecule has 8 rings (SSSR count). The minimum Gasteiger partial charge on any atom is -0.472 e. The number of fused-ring (bicyclic) bond motifs is 5. The van der Waals surface area contributed by atoms with Gasteiger partial charge < -0.3 is 20.3 Å². The molecule has 17 heteroatoms. The van der Waals surface area contributed by atoms with Gasteiger partial charge in [0.2, 0.25) is 33.6 Å². The number of carbonyl (C=O) groups is 4. The Balaban J connectivity index is 1.15. The number of halogens is 2. The van der Waals surface area contributed by atoms with Crippen LogP contribution in [0.1, 0.15) is 74.0 Å². The van der Waals surface area contributed by atoms with Crippen LogP contribution in [-0.2, 0) is 24.4 Å². The van der Waals surface area contributed by atoms with Crippen LogP contribution in [0.2, 0.25) is 0 Å². The maximum atomic E-state index is 15.5. The minimum absolute atomic E-state index is 0.0437. The molecule has 4 heterocycles. The molecule has 2 aromatic carbocycles. The topological polar surface area (TPSA) is 190 Å². The highest BCUT2D eigenvalue weighted by molar-refractivity contribution is 7.91. The Bertz CT molecular complexity index is 2490. The summed E-state index contributed by atoms with van der Waals surface area (Å²) in [6.45, 7) is 1.55. The second-order valence-corrected chi connectivity index (χ2v) is 17.4. The summed E-state index contributed by atoms with van der Waals surface area (Å²) in [7, 11) is -4.17. The van der Waals surface area contributed by atoms with Crippen LogP contribution in [0, 0.1) is 24.7 Å². The Kier molecular flexibility index (Phi) is 10.2. The number of benzene rings is 2. The van der Waals surface area contributed by atoms with Gasteiger partial charge in [-0.25, -0.2) is 31.9 Å². The molecular weight excluding hydrogens is 773 g/mol. The van der Waals surface area contributed by atoms with Crippen molar-refractivity contribution in [3.05, 3.63) is 72.3 Å². The molecule has 0 spiro atoms. The van der Waals surface area contributed by atoms with Crippen molar-refractivity contribution < 1.29 is 41.1 Å². The Hall–Kier alpha value is -5.76. The number of pyridine rings is 1. The number of ether oxygens (including phenoxy) is 1. The highest BCUT2D eigenvalue weighted by atomic mass is 32.2. The van der Waals surface area contributed by atoms with Crippen molar-refractivity contribution in [2.24, 2.45) is 5.92 Å². The number of alkyl halides is 2. The van der Waals surface area contributed by atoms with Crippen LogP contribution in [-0.4, -0.2) is 93.3 Å². The quantitative estimate of drug-likeness (QED) is 0.183. The summed E-state index contributed by atoms with van der Waals surface area (Å²) in [4.78, 5) is 70.8. The van der Waals surface area contributed by atoms with E-state index in [1.807, 2.05) is 53.3 Å². The molecule has 4 amide bonds. The molecule has 4 aliphatic rings. The fourth-order valence-corrected chi connectivity index (χ4v) is 9.21. The zero-order chi connectivity index (χ0) is 40.8. The number of nitrogens with zero attached hydrogens (tertiary/aromatic N) is 4. The lowest BCUT2D eigenvalue weighted by Gasteiger charge is -2.40. The second kappa shape index (κ2) is 15.2. The van der Waals surface area contributed by atoms with Gasteiger partial charge in [-0.05, 0) is 50.1 Å². The fraction of sp³-hybridized carbons (Fsp3) is 0.439. The summed E-state index contributed by atoms with van der Waals surface area (Å²) < 4.78 is 65.4. The van der Waals surface area contributed by atoms with Crippen molar-refractivity contribution in [1.82, 2.24) is 35.2 Å². The third-order valence-electron chi connectivity index (χ3n) is 11.2. The summed E-state index contributed by atoms with van der Waals surface area (Å²) >= 11 is 0. The predicted molar refractivity (Wildman–Crippen MR) is 207 cm³/mol. The summed E-state index contributed by atoms with van der Waals surface area (Å²) in [5.74, 6) is -2.90. The third-order valence-corrected chi connectivity index (χ3v) is 13.0. The zero-order valence-corrected chi connectivity index (χ0v) is 32.4. The summed E-state index contributed by atoms with van der Waals surface area (Å²) in [5.41, 5.74) is -1.16. The van der Waals surface area contributed by atoms with Crippen LogP contribution in [0.5, 0.6) is 5.88 Å².